The molecule has 0 aliphatic heterocycles. The van der Waals surface area contributed by atoms with Crippen LogP contribution in [0.1, 0.15) is 0 Å². The summed E-state index contributed by atoms with van der Waals surface area (Å²) in [6, 6.07) is 13.4. The van der Waals surface area contributed by atoms with Crippen molar-refractivity contribution in [1.29, 1.82) is 0 Å². The minimum Gasteiger partial charge on any atom is -0.497 e. The fraction of sp³-hybridized carbons (Fsp3) is 0.118. The van der Waals surface area contributed by atoms with Gasteiger partial charge in [0.1, 0.15) is 17.0 Å². The van der Waals surface area contributed by atoms with Crippen molar-refractivity contribution in [2.45, 2.75) is 0 Å². The summed E-state index contributed by atoms with van der Waals surface area (Å²) in [7, 11) is 3.28. The number of fused-ring (bicyclic) bond motifs is 1. The summed E-state index contributed by atoms with van der Waals surface area (Å²) in [5.74, 6) is 1.51. The highest BCUT2D eigenvalue weighted by Crippen LogP contribution is 2.37. The second kappa shape index (κ2) is 5.62. The zero-order valence-electron chi connectivity index (χ0n) is 11.8. The number of methoxy groups -OCH3 is 2. The SMILES string of the molecule is COc1ccc(Cl)c(-c2ccnc3c(OC)cccc23)c1. The van der Waals surface area contributed by atoms with E-state index >= 15 is 0 Å². The molecule has 2 aromatic carbocycles. The maximum absolute atomic E-state index is 6.35. The van der Waals surface area contributed by atoms with Gasteiger partial charge in [-0.3, -0.25) is 4.98 Å². The van der Waals surface area contributed by atoms with E-state index in [2.05, 4.69) is 4.98 Å². The number of benzene rings is 2. The Hall–Kier alpha value is -2.26. The second-order valence-corrected chi connectivity index (χ2v) is 4.97. The Kier molecular flexibility index (Phi) is 3.67. The molecule has 0 atom stereocenters. The number of pyridine rings is 1. The fourth-order valence-corrected chi connectivity index (χ4v) is 2.61. The van der Waals surface area contributed by atoms with Crippen LogP contribution in [-0.4, -0.2) is 19.2 Å². The first-order valence-electron chi connectivity index (χ1n) is 6.50. The third kappa shape index (κ3) is 2.41. The van der Waals surface area contributed by atoms with Crippen LogP contribution in [0.3, 0.4) is 0 Å². The highest BCUT2D eigenvalue weighted by Gasteiger charge is 2.11. The number of rotatable bonds is 3. The smallest absolute Gasteiger partial charge is 0.145 e. The van der Waals surface area contributed by atoms with Gasteiger partial charge in [0.05, 0.1) is 14.2 Å². The number of halogens is 1. The number of hydrogen-bond acceptors (Lipinski definition) is 3. The third-order valence-electron chi connectivity index (χ3n) is 3.42. The molecule has 3 aromatic rings. The number of ether oxygens (including phenoxy) is 2. The molecular weight excluding hydrogens is 286 g/mol. The quantitative estimate of drug-likeness (QED) is 0.710. The first-order valence-corrected chi connectivity index (χ1v) is 6.88. The van der Waals surface area contributed by atoms with Gasteiger partial charge in [0.25, 0.3) is 0 Å². The Morgan fingerprint density at radius 3 is 2.57 bits per heavy atom. The van der Waals surface area contributed by atoms with Crippen molar-refractivity contribution in [3.63, 3.8) is 0 Å². The third-order valence-corrected chi connectivity index (χ3v) is 3.75. The van der Waals surface area contributed by atoms with Gasteiger partial charge in [-0.15, -0.1) is 0 Å². The van der Waals surface area contributed by atoms with E-state index in [1.54, 1.807) is 20.4 Å². The van der Waals surface area contributed by atoms with E-state index in [1.165, 1.54) is 0 Å². The summed E-state index contributed by atoms with van der Waals surface area (Å²) in [5, 5.41) is 1.66. The van der Waals surface area contributed by atoms with E-state index < -0.39 is 0 Å². The van der Waals surface area contributed by atoms with Crippen LogP contribution in [0.2, 0.25) is 5.02 Å². The minimum absolute atomic E-state index is 0.672. The van der Waals surface area contributed by atoms with Gasteiger partial charge in [0.15, 0.2) is 0 Å². The molecule has 0 unspecified atom stereocenters. The predicted molar refractivity (Wildman–Crippen MR) is 85.3 cm³/mol. The average Bonchev–Trinajstić information content (AvgIpc) is 2.54. The number of hydrogen-bond donors (Lipinski definition) is 0. The monoisotopic (exact) mass is 299 g/mol. The summed E-state index contributed by atoms with van der Waals surface area (Å²) in [6.45, 7) is 0. The maximum Gasteiger partial charge on any atom is 0.145 e. The second-order valence-electron chi connectivity index (χ2n) is 4.56. The Labute approximate surface area is 128 Å². The van der Waals surface area contributed by atoms with Crippen LogP contribution >= 0.6 is 11.6 Å². The Morgan fingerprint density at radius 1 is 0.952 bits per heavy atom. The summed E-state index contributed by atoms with van der Waals surface area (Å²) < 4.78 is 10.7. The van der Waals surface area contributed by atoms with Crippen LogP contribution < -0.4 is 9.47 Å². The van der Waals surface area contributed by atoms with Crippen LogP contribution in [0.15, 0.2) is 48.7 Å². The van der Waals surface area contributed by atoms with Gasteiger partial charge in [0.2, 0.25) is 0 Å². The number of aromatic nitrogens is 1. The van der Waals surface area contributed by atoms with Crippen molar-refractivity contribution >= 4 is 22.5 Å². The molecule has 1 heterocycles. The lowest BCUT2D eigenvalue weighted by atomic mass is 10.0. The lowest BCUT2D eigenvalue weighted by Gasteiger charge is -2.11. The molecule has 1 aromatic heterocycles. The van der Waals surface area contributed by atoms with Crippen LogP contribution in [0, 0.1) is 0 Å². The highest BCUT2D eigenvalue weighted by molar-refractivity contribution is 6.33. The van der Waals surface area contributed by atoms with Crippen molar-refractivity contribution in [3.8, 4) is 22.6 Å². The average molecular weight is 300 g/mol. The maximum atomic E-state index is 6.35. The van der Waals surface area contributed by atoms with Gasteiger partial charge >= 0.3 is 0 Å². The van der Waals surface area contributed by atoms with E-state index in [4.69, 9.17) is 21.1 Å². The van der Waals surface area contributed by atoms with Crippen LogP contribution in [0.25, 0.3) is 22.0 Å². The Balaban J connectivity index is 2.31. The van der Waals surface area contributed by atoms with E-state index in [0.717, 1.165) is 33.5 Å². The zero-order chi connectivity index (χ0) is 14.8. The fourth-order valence-electron chi connectivity index (χ4n) is 2.39. The standard InChI is InChI=1S/C17H14ClNO2/c1-20-11-6-7-15(18)14(10-11)12-8-9-19-17-13(12)4-3-5-16(17)21-2/h3-10H,1-2H3. The molecule has 0 radical (unpaired) electrons. The van der Waals surface area contributed by atoms with Gasteiger partial charge < -0.3 is 9.47 Å². The molecule has 0 spiro atoms. The van der Waals surface area contributed by atoms with E-state index in [0.29, 0.717) is 5.02 Å². The molecule has 0 saturated heterocycles. The summed E-state index contributed by atoms with van der Waals surface area (Å²) >= 11 is 6.35. The molecule has 21 heavy (non-hydrogen) atoms. The minimum atomic E-state index is 0.672. The van der Waals surface area contributed by atoms with Crippen LogP contribution in [0.5, 0.6) is 11.5 Å². The summed E-state index contributed by atoms with van der Waals surface area (Å²) in [5.41, 5.74) is 2.73. The zero-order valence-corrected chi connectivity index (χ0v) is 12.5. The molecule has 0 amide bonds. The number of nitrogens with zero attached hydrogens (tertiary/aromatic N) is 1. The lowest BCUT2D eigenvalue weighted by molar-refractivity contribution is 0.415. The summed E-state index contributed by atoms with van der Waals surface area (Å²) in [4.78, 5) is 4.41. The Morgan fingerprint density at radius 2 is 1.81 bits per heavy atom. The largest absolute Gasteiger partial charge is 0.497 e. The van der Waals surface area contributed by atoms with Gasteiger partial charge in [-0.05, 0) is 35.9 Å². The molecule has 106 valence electrons. The topological polar surface area (TPSA) is 31.4 Å². The number of para-hydroxylation sites is 1. The molecule has 0 N–H and O–H groups in total. The van der Waals surface area contributed by atoms with Gasteiger partial charge in [-0.2, -0.15) is 0 Å². The molecule has 0 aliphatic carbocycles. The van der Waals surface area contributed by atoms with E-state index in [9.17, 15) is 0 Å². The van der Waals surface area contributed by atoms with Crippen molar-refractivity contribution in [2.24, 2.45) is 0 Å². The molecule has 4 heteroatoms. The lowest BCUT2D eigenvalue weighted by Crippen LogP contribution is -1.91. The Bertz CT molecular complexity index is 802. The molecule has 0 saturated carbocycles. The molecule has 0 aliphatic rings. The molecule has 0 bridgehead atoms. The molecule has 3 nitrogen and oxygen atoms in total. The van der Waals surface area contributed by atoms with Gasteiger partial charge in [-0.25, -0.2) is 0 Å². The molecular formula is C17H14ClNO2. The van der Waals surface area contributed by atoms with Crippen LogP contribution in [-0.2, 0) is 0 Å². The van der Waals surface area contributed by atoms with Crippen molar-refractivity contribution in [1.82, 2.24) is 4.98 Å². The molecule has 3 rings (SSSR count). The van der Waals surface area contributed by atoms with Crippen molar-refractivity contribution in [2.75, 3.05) is 14.2 Å². The first-order chi connectivity index (χ1) is 10.2. The van der Waals surface area contributed by atoms with E-state index in [1.807, 2.05) is 42.5 Å². The molecule has 0 fully saturated rings. The first kappa shape index (κ1) is 13.7. The van der Waals surface area contributed by atoms with E-state index in [-0.39, 0.29) is 0 Å². The summed E-state index contributed by atoms with van der Waals surface area (Å²) in [6.07, 6.45) is 1.76. The van der Waals surface area contributed by atoms with Crippen molar-refractivity contribution < 1.29 is 9.47 Å². The highest BCUT2D eigenvalue weighted by atomic mass is 35.5. The van der Waals surface area contributed by atoms with Gasteiger partial charge in [-0.1, -0.05) is 23.7 Å². The van der Waals surface area contributed by atoms with Crippen LogP contribution in [0.4, 0.5) is 0 Å². The van der Waals surface area contributed by atoms with Gasteiger partial charge in [0, 0.05) is 22.2 Å². The normalized spacial score (nSPS) is 10.6. The predicted octanol–water partition coefficient (Wildman–Crippen LogP) is 4.57. The van der Waals surface area contributed by atoms with Crippen molar-refractivity contribution in [3.05, 3.63) is 53.7 Å².